The summed E-state index contributed by atoms with van der Waals surface area (Å²) >= 11 is 11.8. The van der Waals surface area contributed by atoms with Crippen LogP contribution in [0.5, 0.6) is 0 Å². The fourth-order valence-electron chi connectivity index (χ4n) is 3.20. The summed E-state index contributed by atoms with van der Waals surface area (Å²) in [5, 5.41) is 5.39. The molecule has 0 atom stereocenters. The van der Waals surface area contributed by atoms with Gasteiger partial charge in [0.25, 0.3) is 0 Å². The fourth-order valence-corrected chi connectivity index (χ4v) is 3.45. The Hall–Kier alpha value is -2.67. The highest BCUT2D eigenvalue weighted by molar-refractivity contribution is 6.30. The number of benzene rings is 2. The first-order chi connectivity index (χ1) is 14.6. The van der Waals surface area contributed by atoms with E-state index in [0.717, 1.165) is 24.2 Å². The molecule has 0 N–H and O–H groups in total. The second kappa shape index (κ2) is 9.43. The minimum Gasteiger partial charge on any atom is -0.338 e. The molecule has 2 heterocycles. The van der Waals surface area contributed by atoms with Crippen LogP contribution >= 0.6 is 23.2 Å². The van der Waals surface area contributed by atoms with E-state index in [1.807, 2.05) is 35.2 Å². The van der Waals surface area contributed by atoms with Crippen LogP contribution in [-0.4, -0.2) is 52.0 Å². The predicted octanol–water partition coefficient (Wildman–Crippen LogP) is 4.40. The molecule has 154 valence electrons. The average molecular weight is 443 g/mol. The van der Waals surface area contributed by atoms with Crippen LogP contribution < -0.4 is 0 Å². The Morgan fingerprint density at radius 2 is 1.60 bits per heavy atom. The SMILES string of the molecule is O=C(C=Cc1ccc(Cl)cc1)N1CCN(Cc2nc(-c3ccc(Cl)cc3)no2)CC1. The molecule has 1 aromatic heterocycles. The van der Waals surface area contributed by atoms with Crippen molar-refractivity contribution in [2.45, 2.75) is 6.54 Å². The summed E-state index contributed by atoms with van der Waals surface area (Å²) in [5.74, 6) is 1.11. The van der Waals surface area contributed by atoms with Crippen LogP contribution in [0.3, 0.4) is 0 Å². The quantitative estimate of drug-likeness (QED) is 0.547. The first-order valence-electron chi connectivity index (χ1n) is 9.60. The molecular formula is C22H20Cl2N4O2. The zero-order valence-corrected chi connectivity index (χ0v) is 17.7. The number of carbonyl (C=O) groups excluding carboxylic acids is 1. The van der Waals surface area contributed by atoms with Crippen LogP contribution in [0.2, 0.25) is 10.0 Å². The molecule has 0 radical (unpaired) electrons. The van der Waals surface area contributed by atoms with Gasteiger partial charge in [0.2, 0.25) is 17.6 Å². The lowest BCUT2D eigenvalue weighted by Gasteiger charge is -2.33. The van der Waals surface area contributed by atoms with Crippen LogP contribution in [-0.2, 0) is 11.3 Å². The monoisotopic (exact) mass is 442 g/mol. The van der Waals surface area contributed by atoms with Crippen molar-refractivity contribution in [1.29, 1.82) is 0 Å². The summed E-state index contributed by atoms with van der Waals surface area (Å²) in [6, 6.07) is 14.7. The van der Waals surface area contributed by atoms with Crippen molar-refractivity contribution < 1.29 is 9.32 Å². The minimum absolute atomic E-state index is 0.00687. The molecule has 30 heavy (non-hydrogen) atoms. The first kappa shape index (κ1) is 20.6. The molecule has 1 aliphatic heterocycles. The van der Waals surface area contributed by atoms with E-state index < -0.39 is 0 Å². The first-order valence-corrected chi connectivity index (χ1v) is 10.4. The number of halogens is 2. The van der Waals surface area contributed by atoms with E-state index in [1.54, 1.807) is 30.3 Å². The van der Waals surface area contributed by atoms with Gasteiger partial charge in [-0.25, -0.2) is 0 Å². The summed E-state index contributed by atoms with van der Waals surface area (Å²) < 4.78 is 5.39. The van der Waals surface area contributed by atoms with E-state index in [-0.39, 0.29) is 5.91 Å². The van der Waals surface area contributed by atoms with Gasteiger partial charge in [-0.1, -0.05) is 40.5 Å². The molecule has 8 heteroatoms. The van der Waals surface area contributed by atoms with E-state index >= 15 is 0 Å². The number of nitrogens with zero attached hydrogens (tertiary/aromatic N) is 4. The average Bonchev–Trinajstić information content (AvgIpc) is 3.22. The van der Waals surface area contributed by atoms with E-state index in [1.165, 1.54) is 0 Å². The van der Waals surface area contributed by atoms with Gasteiger partial charge in [0.05, 0.1) is 6.54 Å². The number of amides is 1. The molecule has 1 amide bonds. The number of hydrogen-bond donors (Lipinski definition) is 0. The summed E-state index contributed by atoms with van der Waals surface area (Å²) in [6.07, 6.45) is 3.41. The van der Waals surface area contributed by atoms with Crippen molar-refractivity contribution in [3.63, 3.8) is 0 Å². The Balaban J connectivity index is 1.28. The fraction of sp³-hybridized carbons (Fsp3) is 0.227. The third-order valence-corrected chi connectivity index (χ3v) is 5.41. The number of carbonyl (C=O) groups is 1. The van der Waals surface area contributed by atoms with E-state index in [0.29, 0.717) is 41.4 Å². The Morgan fingerprint density at radius 1 is 0.967 bits per heavy atom. The third kappa shape index (κ3) is 5.27. The van der Waals surface area contributed by atoms with E-state index in [2.05, 4.69) is 15.0 Å². The largest absolute Gasteiger partial charge is 0.338 e. The summed E-state index contributed by atoms with van der Waals surface area (Å²) in [6.45, 7) is 3.37. The smallest absolute Gasteiger partial charge is 0.246 e. The predicted molar refractivity (Wildman–Crippen MR) is 117 cm³/mol. The molecule has 1 aliphatic rings. The van der Waals surface area contributed by atoms with Gasteiger partial charge in [0.15, 0.2) is 0 Å². The Kier molecular flexibility index (Phi) is 6.47. The van der Waals surface area contributed by atoms with Gasteiger partial charge in [-0.05, 0) is 48.0 Å². The second-order valence-electron chi connectivity index (χ2n) is 7.00. The maximum absolute atomic E-state index is 12.4. The third-order valence-electron chi connectivity index (χ3n) is 4.90. The summed E-state index contributed by atoms with van der Waals surface area (Å²) in [7, 11) is 0. The highest BCUT2D eigenvalue weighted by atomic mass is 35.5. The molecule has 1 saturated heterocycles. The number of hydrogen-bond acceptors (Lipinski definition) is 5. The zero-order valence-electron chi connectivity index (χ0n) is 16.2. The van der Waals surface area contributed by atoms with Crippen molar-refractivity contribution in [3.05, 3.63) is 76.1 Å². The highest BCUT2D eigenvalue weighted by Crippen LogP contribution is 2.19. The summed E-state index contributed by atoms with van der Waals surface area (Å²) in [4.78, 5) is 20.9. The topological polar surface area (TPSA) is 62.5 Å². The van der Waals surface area contributed by atoms with Crippen LogP contribution in [0.25, 0.3) is 17.5 Å². The van der Waals surface area contributed by atoms with Crippen molar-refractivity contribution in [2.24, 2.45) is 0 Å². The van der Waals surface area contributed by atoms with Gasteiger partial charge in [-0.15, -0.1) is 0 Å². The number of aromatic nitrogens is 2. The molecule has 1 fully saturated rings. The molecule has 0 spiro atoms. The highest BCUT2D eigenvalue weighted by Gasteiger charge is 2.21. The van der Waals surface area contributed by atoms with Gasteiger partial charge < -0.3 is 9.42 Å². The standard InChI is InChI=1S/C22H20Cl2N4O2/c23-18-6-1-16(2-7-18)3-10-21(29)28-13-11-27(12-14-28)15-20-25-22(26-30-20)17-4-8-19(24)9-5-17/h1-10H,11-15H2. The molecule has 4 rings (SSSR count). The number of piperazine rings is 1. The second-order valence-corrected chi connectivity index (χ2v) is 7.88. The van der Waals surface area contributed by atoms with Crippen molar-refractivity contribution in [1.82, 2.24) is 19.9 Å². The minimum atomic E-state index is 0.00687. The number of rotatable bonds is 5. The van der Waals surface area contributed by atoms with Crippen LogP contribution in [0.15, 0.2) is 59.1 Å². The molecule has 0 bridgehead atoms. The van der Waals surface area contributed by atoms with Gasteiger partial charge in [0.1, 0.15) is 0 Å². The lowest BCUT2D eigenvalue weighted by atomic mass is 10.2. The van der Waals surface area contributed by atoms with E-state index in [9.17, 15) is 4.79 Å². The molecule has 0 unspecified atom stereocenters. The van der Waals surface area contributed by atoms with Crippen LogP contribution in [0.1, 0.15) is 11.5 Å². The van der Waals surface area contributed by atoms with Crippen LogP contribution in [0, 0.1) is 0 Å². The molecule has 2 aromatic carbocycles. The molecule has 3 aromatic rings. The summed E-state index contributed by atoms with van der Waals surface area (Å²) in [5.41, 5.74) is 1.80. The molecular weight excluding hydrogens is 423 g/mol. The van der Waals surface area contributed by atoms with Gasteiger partial charge >= 0.3 is 0 Å². The maximum Gasteiger partial charge on any atom is 0.246 e. The normalized spacial score (nSPS) is 15.1. The molecule has 0 aliphatic carbocycles. The van der Waals surface area contributed by atoms with Gasteiger partial charge in [0, 0.05) is 47.9 Å². The lowest BCUT2D eigenvalue weighted by molar-refractivity contribution is -0.127. The zero-order chi connectivity index (χ0) is 20.9. The van der Waals surface area contributed by atoms with Crippen molar-refractivity contribution in [3.8, 4) is 11.4 Å². The van der Waals surface area contributed by atoms with Crippen molar-refractivity contribution in [2.75, 3.05) is 26.2 Å². The van der Waals surface area contributed by atoms with Gasteiger partial charge in [-0.2, -0.15) is 4.98 Å². The maximum atomic E-state index is 12.4. The Morgan fingerprint density at radius 3 is 2.27 bits per heavy atom. The van der Waals surface area contributed by atoms with Gasteiger partial charge in [-0.3, -0.25) is 9.69 Å². The van der Waals surface area contributed by atoms with Crippen molar-refractivity contribution >= 4 is 35.2 Å². The Labute approximate surface area is 184 Å². The Bertz CT molecular complexity index is 1020. The van der Waals surface area contributed by atoms with E-state index in [4.69, 9.17) is 27.7 Å². The molecule has 0 saturated carbocycles. The van der Waals surface area contributed by atoms with Crippen LogP contribution in [0.4, 0.5) is 0 Å². The molecule has 6 nitrogen and oxygen atoms in total. The lowest BCUT2D eigenvalue weighted by Crippen LogP contribution is -2.47.